The van der Waals surface area contributed by atoms with E-state index in [9.17, 15) is 4.79 Å². The summed E-state index contributed by atoms with van der Waals surface area (Å²) in [5.74, 6) is 0.342. The van der Waals surface area contributed by atoms with Gasteiger partial charge in [0.15, 0.2) is 0 Å². The Hall–Kier alpha value is -2.37. The summed E-state index contributed by atoms with van der Waals surface area (Å²) in [7, 11) is 0. The predicted octanol–water partition coefficient (Wildman–Crippen LogP) is 1.77. The Morgan fingerprint density at radius 3 is 2.83 bits per heavy atom. The van der Waals surface area contributed by atoms with Crippen LogP contribution in [0.3, 0.4) is 0 Å². The molecule has 0 radical (unpaired) electrons. The van der Waals surface area contributed by atoms with Crippen LogP contribution in [0.2, 0.25) is 0 Å². The zero-order chi connectivity index (χ0) is 13.1. The fourth-order valence-electron chi connectivity index (χ4n) is 1.53. The molecule has 0 bridgehead atoms. The normalized spacial score (nSPS) is 10.3. The van der Waals surface area contributed by atoms with Crippen LogP contribution in [0.4, 0.5) is 11.7 Å². The lowest BCUT2D eigenvalue weighted by molar-refractivity contribution is 0.102. The van der Waals surface area contributed by atoms with Gasteiger partial charge in [0.25, 0.3) is 5.91 Å². The second-order valence-electron chi connectivity index (χ2n) is 3.91. The van der Waals surface area contributed by atoms with Crippen molar-refractivity contribution in [1.29, 1.82) is 0 Å². The number of carbonyl (C=O) groups is 1. The van der Waals surface area contributed by atoms with E-state index in [2.05, 4.69) is 15.5 Å². The van der Waals surface area contributed by atoms with Crippen LogP contribution in [-0.2, 0) is 6.42 Å². The molecule has 2 aromatic heterocycles. The average Bonchev–Trinajstić information content (AvgIpc) is 2.73. The minimum absolute atomic E-state index is 0.296. The highest BCUT2D eigenvalue weighted by Crippen LogP contribution is 2.13. The number of rotatable bonds is 3. The monoisotopic (exact) mass is 246 g/mol. The second-order valence-corrected chi connectivity index (χ2v) is 3.91. The number of aromatic nitrogens is 2. The summed E-state index contributed by atoms with van der Waals surface area (Å²) in [6.07, 6.45) is 0.715. The minimum Gasteiger partial charge on any atom is -0.384 e. The Morgan fingerprint density at radius 2 is 2.22 bits per heavy atom. The number of amides is 1. The summed E-state index contributed by atoms with van der Waals surface area (Å²) in [6, 6.07) is 4.87. The van der Waals surface area contributed by atoms with Crippen LogP contribution in [0, 0.1) is 6.92 Å². The van der Waals surface area contributed by atoms with Gasteiger partial charge in [-0.2, -0.15) is 0 Å². The van der Waals surface area contributed by atoms with Gasteiger partial charge in [0.2, 0.25) is 5.88 Å². The van der Waals surface area contributed by atoms with Gasteiger partial charge >= 0.3 is 0 Å². The van der Waals surface area contributed by atoms with Gasteiger partial charge in [-0.05, 0) is 25.5 Å². The first kappa shape index (κ1) is 12.1. The molecule has 1 amide bonds. The number of hydrogen-bond acceptors (Lipinski definition) is 5. The maximum absolute atomic E-state index is 12.0. The first-order valence-electron chi connectivity index (χ1n) is 5.59. The third-order valence-corrected chi connectivity index (χ3v) is 2.39. The Kier molecular flexibility index (Phi) is 3.27. The summed E-state index contributed by atoms with van der Waals surface area (Å²) in [5.41, 5.74) is 7.57. The van der Waals surface area contributed by atoms with Crippen LogP contribution in [0.25, 0.3) is 0 Å². The van der Waals surface area contributed by atoms with Crippen molar-refractivity contribution in [2.75, 3.05) is 11.1 Å². The van der Waals surface area contributed by atoms with Gasteiger partial charge in [0, 0.05) is 17.3 Å². The van der Waals surface area contributed by atoms with Crippen molar-refractivity contribution in [3.05, 3.63) is 35.2 Å². The number of pyridine rings is 1. The Morgan fingerprint density at radius 1 is 1.44 bits per heavy atom. The van der Waals surface area contributed by atoms with Gasteiger partial charge in [0.05, 0.1) is 5.69 Å². The number of hydrogen-bond donors (Lipinski definition) is 2. The summed E-state index contributed by atoms with van der Waals surface area (Å²) in [6.45, 7) is 3.72. The van der Waals surface area contributed by atoms with Gasteiger partial charge in [-0.15, -0.1) is 0 Å². The van der Waals surface area contributed by atoms with Crippen LogP contribution >= 0.6 is 0 Å². The molecule has 18 heavy (non-hydrogen) atoms. The summed E-state index contributed by atoms with van der Waals surface area (Å²) >= 11 is 0. The molecule has 0 fully saturated rings. The predicted molar refractivity (Wildman–Crippen MR) is 67.2 cm³/mol. The molecule has 0 aliphatic heterocycles. The van der Waals surface area contributed by atoms with E-state index in [0.29, 0.717) is 29.4 Å². The molecule has 6 heteroatoms. The number of nitrogens with zero attached hydrogens (tertiary/aromatic N) is 2. The lowest BCUT2D eigenvalue weighted by Gasteiger charge is -2.04. The van der Waals surface area contributed by atoms with Crippen molar-refractivity contribution in [2.45, 2.75) is 20.3 Å². The van der Waals surface area contributed by atoms with Gasteiger partial charge in [-0.3, -0.25) is 10.1 Å². The van der Waals surface area contributed by atoms with E-state index in [-0.39, 0.29) is 5.91 Å². The van der Waals surface area contributed by atoms with Gasteiger partial charge in [-0.1, -0.05) is 12.1 Å². The molecule has 0 aliphatic carbocycles. The van der Waals surface area contributed by atoms with E-state index in [1.807, 2.05) is 6.92 Å². The molecule has 0 saturated heterocycles. The van der Waals surface area contributed by atoms with E-state index in [4.69, 9.17) is 10.3 Å². The van der Waals surface area contributed by atoms with Crippen LogP contribution in [-0.4, -0.2) is 16.0 Å². The number of nitrogens with two attached hydrogens (primary N) is 1. The Labute approximate surface area is 104 Å². The van der Waals surface area contributed by atoms with Crippen LogP contribution in [0.15, 0.2) is 22.7 Å². The zero-order valence-corrected chi connectivity index (χ0v) is 10.2. The quantitative estimate of drug-likeness (QED) is 0.860. The summed E-state index contributed by atoms with van der Waals surface area (Å²) < 4.78 is 4.91. The van der Waals surface area contributed by atoms with Crippen molar-refractivity contribution < 1.29 is 9.32 Å². The zero-order valence-electron chi connectivity index (χ0n) is 10.2. The number of nitrogen functional groups attached to an aromatic ring is 1. The van der Waals surface area contributed by atoms with Crippen molar-refractivity contribution in [2.24, 2.45) is 0 Å². The molecule has 0 atom stereocenters. The van der Waals surface area contributed by atoms with Crippen molar-refractivity contribution in [3.8, 4) is 0 Å². The first-order valence-corrected chi connectivity index (χ1v) is 5.59. The fourth-order valence-corrected chi connectivity index (χ4v) is 1.53. The summed E-state index contributed by atoms with van der Waals surface area (Å²) in [4.78, 5) is 16.1. The van der Waals surface area contributed by atoms with Crippen molar-refractivity contribution in [1.82, 2.24) is 10.1 Å². The molecule has 6 nitrogen and oxygen atoms in total. The Balaban J connectivity index is 2.20. The molecular formula is C12H14N4O2. The average molecular weight is 246 g/mol. The number of aryl methyl sites for hydroxylation is 2. The first-order chi connectivity index (χ1) is 8.58. The van der Waals surface area contributed by atoms with E-state index >= 15 is 0 Å². The van der Waals surface area contributed by atoms with Gasteiger partial charge in [0.1, 0.15) is 5.82 Å². The molecule has 0 spiro atoms. The lowest BCUT2D eigenvalue weighted by Crippen LogP contribution is -2.13. The third-order valence-electron chi connectivity index (χ3n) is 2.39. The lowest BCUT2D eigenvalue weighted by atomic mass is 10.2. The highest BCUT2D eigenvalue weighted by Gasteiger charge is 2.11. The third kappa shape index (κ3) is 2.65. The molecule has 2 heterocycles. The SMILES string of the molecule is CCc1cc(C(=O)Nc2cc(C)no2)cc(N)n1. The molecule has 0 aliphatic rings. The van der Waals surface area contributed by atoms with Crippen molar-refractivity contribution in [3.63, 3.8) is 0 Å². The van der Waals surface area contributed by atoms with Gasteiger partial charge < -0.3 is 10.3 Å². The highest BCUT2D eigenvalue weighted by atomic mass is 16.5. The van der Waals surface area contributed by atoms with Crippen LogP contribution < -0.4 is 11.1 Å². The highest BCUT2D eigenvalue weighted by molar-refractivity contribution is 6.04. The Bertz CT molecular complexity index is 577. The van der Waals surface area contributed by atoms with Crippen molar-refractivity contribution >= 4 is 17.6 Å². The fraction of sp³-hybridized carbons (Fsp3) is 0.250. The number of anilines is 2. The maximum atomic E-state index is 12.0. The van der Waals surface area contributed by atoms with E-state index in [1.54, 1.807) is 19.1 Å². The minimum atomic E-state index is -0.296. The topological polar surface area (TPSA) is 94.0 Å². The van der Waals surface area contributed by atoms with E-state index < -0.39 is 0 Å². The van der Waals surface area contributed by atoms with Crippen LogP contribution in [0.5, 0.6) is 0 Å². The standard InChI is InChI=1S/C12H14N4O2/c1-3-9-5-8(6-10(13)14-9)12(17)15-11-4-7(2)16-18-11/h4-6H,3H2,1-2H3,(H2,13,14)(H,15,17). The molecule has 0 unspecified atom stereocenters. The smallest absolute Gasteiger partial charge is 0.258 e. The molecule has 2 aromatic rings. The molecule has 3 N–H and O–H groups in total. The van der Waals surface area contributed by atoms with Crippen LogP contribution in [0.1, 0.15) is 28.7 Å². The molecule has 94 valence electrons. The largest absolute Gasteiger partial charge is 0.384 e. The second kappa shape index (κ2) is 4.87. The number of carbonyl (C=O) groups excluding carboxylic acids is 1. The molecule has 2 rings (SSSR count). The molecule has 0 aromatic carbocycles. The number of nitrogens with one attached hydrogen (secondary N) is 1. The summed E-state index contributed by atoms with van der Waals surface area (Å²) in [5, 5.41) is 6.29. The maximum Gasteiger partial charge on any atom is 0.258 e. The van der Waals surface area contributed by atoms with E-state index in [1.165, 1.54) is 6.07 Å². The van der Waals surface area contributed by atoms with Gasteiger partial charge in [-0.25, -0.2) is 4.98 Å². The molecule has 0 saturated carbocycles. The van der Waals surface area contributed by atoms with E-state index in [0.717, 1.165) is 5.69 Å². The molecular weight excluding hydrogens is 232 g/mol.